The van der Waals surface area contributed by atoms with Gasteiger partial charge >= 0.3 is 0 Å². The fourth-order valence-electron chi connectivity index (χ4n) is 1.77. The van der Waals surface area contributed by atoms with E-state index in [-0.39, 0.29) is 12.1 Å². The van der Waals surface area contributed by atoms with Gasteiger partial charge in [0.25, 0.3) is 0 Å². The maximum absolute atomic E-state index is 10.1. The van der Waals surface area contributed by atoms with Crippen LogP contribution in [0.3, 0.4) is 0 Å². The number of hydrogen-bond acceptors (Lipinski definition) is 4. The fourth-order valence-corrected chi connectivity index (χ4v) is 1.77. The molecule has 4 heteroatoms. The van der Waals surface area contributed by atoms with E-state index in [0.29, 0.717) is 6.61 Å². The lowest BCUT2D eigenvalue weighted by atomic mass is 9.96. The molecule has 19 heavy (non-hydrogen) atoms. The van der Waals surface area contributed by atoms with Crippen molar-refractivity contribution in [3.63, 3.8) is 0 Å². The first-order valence-electron chi connectivity index (χ1n) is 6.73. The van der Waals surface area contributed by atoms with Crippen molar-refractivity contribution in [3.05, 3.63) is 29.8 Å². The summed E-state index contributed by atoms with van der Waals surface area (Å²) in [5.74, 6) is 0.729. The van der Waals surface area contributed by atoms with Gasteiger partial charge in [0.15, 0.2) is 0 Å². The molecule has 0 aliphatic heterocycles. The highest BCUT2D eigenvalue weighted by Gasteiger charge is 2.21. The number of benzene rings is 1. The van der Waals surface area contributed by atoms with Crippen LogP contribution < -0.4 is 10.5 Å². The highest BCUT2D eigenvalue weighted by molar-refractivity contribution is 5.29. The van der Waals surface area contributed by atoms with Crippen LogP contribution in [0.2, 0.25) is 0 Å². The average Bonchev–Trinajstić information content (AvgIpc) is 2.46. The number of ether oxygens (including phenoxy) is 2. The van der Waals surface area contributed by atoms with Gasteiger partial charge in [-0.3, -0.25) is 0 Å². The first-order chi connectivity index (χ1) is 9.04. The lowest BCUT2D eigenvalue weighted by Gasteiger charge is -2.26. The molecule has 0 aliphatic carbocycles. The molecule has 4 nitrogen and oxygen atoms in total. The Bertz CT molecular complexity index is 377. The quantitative estimate of drug-likeness (QED) is 0.758. The minimum atomic E-state index is -0.659. The molecule has 0 saturated heterocycles. The molecule has 1 rings (SSSR count). The molecule has 0 aliphatic rings. The number of nitrogens with two attached hydrogens (primary N) is 1. The predicted octanol–water partition coefficient (Wildman–Crippen LogP) is 2.26. The number of rotatable bonds is 8. The molecule has 0 radical (unpaired) electrons. The lowest BCUT2D eigenvalue weighted by molar-refractivity contribution is 0.0120. The van der Waals surface area contributed by atoms with Crippen LogP contribution in [0.1, 0.15) is 38.4 Å². The van der Waals surface area contributed by atoms with E-state index in [4.69, 9.17) is 15.2 Å². The molecular formula is C15H25NO3. The Hall–Kier alpha value is -1.10. The van der Waals surface area contributed by atoms with E-state index in [9.17, 15) is 5.11 Å². The summed E-state index contributed by atoms with van der Waals surface area (Å²) >= 11 is 0. The molecule has 0 spiro atoms. The van der Waals surface area contributed by atoms with Gasteiger partial charge in [-0.2, -0.15) is 0 Å². The zero-order chi connectivity index (χ0) is 14.3. The van der Waals surface area contributed by atoms with Crippen molar-refractivity contribution in [3.8, 4) is 5.75 Å². The normalized spacial score (nSPS) is 13.3. The smallest absolute Gasteiger partial charge is 0.119 e. The molecule has 0 fully saturated rings. The van der Waals surface area contributed by atoms with E-state index in [1.165, 1.54) is 0 Å². The minimum absolute atomic E-state index is 0.242. The van der Waals surface area contributed by atoms with Crippen LogP contribution in [-0.2, 0) is 4.74 Å². The zero-order valence-corrected chi connectivity index (χ0v) is 12.1. The fraction of sp³-hybridized carbons (Fsp3) is 0.600. The Morgan fingerprint density at radius 1 is 1.32 bits per heavy atom. The van der Waals surface area contributed by atoms with Crippen LogP contribution in [0.4, 0.5) is 0 Å². The minimum Gasteiger partial charge on any atom is -0.497 e. The highest BCUT2D eigenvalue weighted by Crippen LogP contribution is 2.20. The number of aliphatic hydroxyl groups is 1. The van der Waals surface area contributed by atoms with Crippen molar-refractivity contribution in [1.29, 1.82) is 0 Å². The van der Waals surface area contributed by atoms with Crippen LogP contribution in [0.5, 0.6) is 5.75 Å². The van der Waals surface area contributed by atoms with Crippen LogP contribution in [0.25, 0.3) is 0 Å². The summed E-state index contributed by atoms with van der Waals surface area (Å²) in [5.41, 5.74) is 6.63. The van der Waals surface area contributed by atoms with Crippen molar-refractivity contribution in [2.24, 2.45) is 5.73 Å². The summed E-state index contributed by atoms with van der Waals surface area (Å²) in [5, 5.41) is 10.1. The van der Waals surface area contributed by atoms with Crippen LogP contribution in [-0.4, -0.2) is 31.0 Å². The van der Waals surface area contributed by atoms with Gasteiger partial charge < -0.3 is 20.3 Å². The van der Waals surface area contributed by atoms with Crippen molar-refractivity contribution in [2.75, 3.05) is 20.3 Å². The Labute approximate surface area is 115 Å². The van der Waals surface area contributed by atoms with E-state index < -0.39 is 6.10 Å². The van der Waals surface area contributed by atoms with Gasteiger partial charge in [-0.15, -0.1) is 0 Å². The molecule has 0 bridgehead atoms. The van der Waals surface area contributed by atoms with Gasteiger partial charge in [0.2, 0.25) is 0 Å². The summed E-state index contributed by atoms with van der Waals surface area (Å²) in [6.45, 7) is 4.80. The summed E-state index contributed by atoms with van der Waals surface area (Å²) in [6, 6.07) is 7.36. The summed E-state index contributed by atoms with van der Waals surface area (Å²) < 4.78 is 10.7. The molecule has 108 valence electrons. The third kappa shape index (κ3) is 4.82. The SMILES string of the molecule is CCC(N)(CC)COCC(O)c1cccc(OC)c1. The van der Waals surface area contributed by atoms with Gasteiger partial charge in [-0.05, 0) is 30.5 Å². The van der Waals surface area contributed by atoms with E-state index in [0.717, 1.165) is 24.2 Å². The molecule has 0 amide bonds. The summed E-state index contributed by atoms with van der Waals surface area (Å²) in [4.78, 5) is 0. The second-order valence-corrected chi connectivity index (χ2v) is 4.88. The predicted molar refractivity (Wildman–Crippen MR) is 76.3 cm³/mol. The molecule has 0 heterocycles. The average molecular weight is 267 g/mol. The summed E-state index contributed by atoms with van der Waals surface area (Å²) in [6.07, 6.45) is 1.06. The molecule has 1 atom stereocenters. The number of hydrogen-bond donors (Lipinski definition) is 2. The largest absolute Gasteiger partial charge is 0.497 e. The third-order valence-corrected chi connectivity index (χ3v) is 3.55. The molecule has 1 unspecified atom stereocenters. The Kier molecular flexibility index (Phi) is 6.28. The second kappa shape index (κ2) is 7.48. The molecule has 1 aromatic carbocycles. The Morgan fingerprint density at radius 2 is 2.00 bits per heavy atom. The molecular weight excluding hydrogens is 242 g/mol. The summed E-state index contributed by atoms with van der Waals surface area (Å²) in [7, 11) is 1.60. The van der Waals surface area contributed by atoms with E-state index in [2.05, 4.69) is 0 Å². The zero-order valence-electron chi connectivity index (χ0n) is 12.1. The lowest BCUT2D eigenvalue weighted by Crippen LogP contribution is -2.43. The van der Waals surface area contributed by atoms with Crippen LogP contribution >= 0.6 is 0 Å². The maximum atomic E-state index is 10.1. The van der Waals surface area contributed by atoms with Gasteiger partial charge in [0.1, 0.15) is 11.9 Å². The van der Waals surface area contributed by atoms with E-state index >= 15 is 0 Å². The topological polar surface area (TPSA) is 64.7 Å². The first-order valence-corrected chi connectivity index (χ1v) is 6.73. The molecule has 0 aromatic heterocycles. The first kappa shape index (κ1) is 16.0. The molecule has 3 N–H and O–H groups in total. The van der Waals surface area contributed by atoms with Crippen molar-refractivity contribution >= 4 is 0 Å². The Balaban J connectivity index is 2.48. The van der Waals surface area contributed by atoms with Crippen molar-refractivity contribution in [1.82, 2.24) is 0 Å². The molecule has 0 saturated carbocycles. The van der Waals surface area contributed by atoms with Crippen molar-refractivity contribution < 1.29 is 14.6 Å². The van der Waals surface area contributed by atoms with Gasteiger partial charge in [0, 0.05) is 5.54 Å². The second-order valence-electron chi connectivity index (χ2n) is 4.88. The number of methoxy groups -OCH3 is 1. The van der Waals surface area contributed by atoms with Gasteiger partial charge in [0.05, 0.1) is 20.3 Å². The van der Waals surface area contributed by atoms with Gasteiger partial charge in [-0.1, -0.05) is 26.0 Å². The van der Waals surface area contributed by atoms with Gasteiger partial charge in [-0.25, -0.2) is 0 Å². The van der Waals surface area contributed by atoms with E-state index in [1.807, 2.05) is 38.1 Å². The highest BCUT2D eigenvalue weighted by atomic mass is 16.5. The van der Waals surface area contributed by atoms with Crippen LogP contribution in [0.15, 0.2) is 24.3 Å². The van der Waals surface area contributed by atoms with E-state index in [1.54, 1.807) is 7.11 Å². The number of aliphatic hydroxyl groups excluding tert-OH is 1. The monoisotopic (exact) mass is 267 g/mol. The third-order valence-electron chi connectivity index (χ3n) is 3.55. The van der Waals surface area contributed by atoms with Crippen LogP contribution in [0, 0.1) is 0 Å². The van der Waals surface area contributed by atoms with Crippen molar-refractivity contribution in [2.45, 2.75) is 38.3 Å². The Morgan fingerprint density at radius 3 is 2.58 bits per heavy atom. The standard InChI is InChI=1S/C15H25NO3/c1-4-15(16,5-2)11-19-10-14(17)12-7-6-8-13(9-12)18-3/h6-9,14,17H,4-5,10-11,16H2,1-3H3. The maximum Gasteiger partial charge on any atom is 0.119 e. The molecule has 1 aromatic rings.